The number of likely N-dealkylation sites (N-methyl/N-ethyl adjacent to an activating group) is 1. The lowest BCUT2D eigenvalue weighted by Gasteiger charge is -2.25. The zero-order valence-electron chi connectivity index (χ0n) is 13.2. The minimum absolute atomic E-state index is 0.0604. The summed E-state index contributed by atoms with van der Waals surface area (Å²) in [6, 6.07) is 1.67. The van der Waals surface area contributed by atoms with E-state index in [1.165, 1.54) is 4.31 Å². The van der Waals surface area contributed by atoms with Gasteiger partial charge in [-0.1, -0.05) is 0 Å². The van der Waals surface area contributed by atoms with E-state index < -0.39 is 10.0 Å². The van der Waals surface area contributed by atoms with Gasteiger partial charge in [0.2, 0.25) is 10.0 Å². The average Bonchev–Trinajstić information content (AvgIpc) is 3.04. The van der Waals surface area contributed by atoms with Crippen molar-refractivity contribution in [1.82, 2.24) is 14.2 Å². The van der Waals surface area contributed by atoms with Crippen LogP contribution in [0.1, 0.15) is 26.0 Å². The Bertz CT molecular complexity index is 582. The standard InChI is InChI=1S/C14H25N3O3S/c1-5-17-10-13(8-12(17)9-15-3)21(18,19)16(4)14-6-7-20-11(14)2/h8,10-11,14-15H,5-7,9H2,1-4H3. The number of nitrogens with one attached hydrogen (secondary N) is 1. The van der Waals surface area contributed by atoms with Crippen LogP contribution in [-0.2, 0) is 27.8 Å². The van der Waals surface area contributed by atoms with Crippen molar-refractivity contribution in [2.24, 2.45) is 0 Å². The molecule has 0 aliphatic carbocycles. The maximum Gasteiger partial charge on any atom is 0.244 e. The molecule has 1 aromatic heterocycles. The Hall–Kier alpha value is -0.890. The Morgan fingerprint density at radius 2 is 2.24 bits per heavy atom. The van der Waals surface area contributed by atoms with Gasteiger partial charge in [0.05, 0.1) is 12.1 Å². The molecule has 21 heavy (non-hydrogen) atoms. The van der Waals surface area contributed by atoms with Crippen LogP contribution in [0.15, 0.2) is 17.2 Å². The molecule has 1 aliphatic rings. The first-order valence-corrected chi connectivity index (χ1v) is 8.79. The van der Waals surface area contributed by atoms with Gasteiger partial charge in [-0.3, -0.25) is 0 Å². The van der Waals surface area contributed by atoms with Crippen molar-refractivity contribution in [3.63, 3.8) is 0 Å². The van der Waals surface area contributed by atoms with Crippen molar-refractivity contribution >= 4 is 10.0 Å². The van der Waals surface area contributed by atoms with Gasteiger partial charge in [0.1, 0.15) is 4.90 Å². The van der Waals surface area contributed by atoms with Gasteiger partial charge < -0.3 is 14.6 Å². The predicted molar refractivity (Wildman–Crippen MR) is 81.6 cm³/mol. The normalized spacial score (nSPS) is 23.1. The fraction of sp³-hybridized carbons (Fsp3) is 0.714. The molecule has 2 heterocycles. The molecule has 0 aromatic carbocycles. The van der Waals surface area contributed by atoms with E-state index in [4.69, 9.17) is 4.74 Å². The van der Waals surface area contributed by atoms with Crippen LogP contribution in [0.4, 0.5) is 0 Å². The van der Waals surface area contributed by atoms with Crippen LogP contribution in [-0.4, -0.2) is 50.1 Å². The van der Waals surface area contributed by atoms with Crippen LogP contribution in [0.2, 0.25) is 0 Å². The number of hydrogen-bond donors (Lipinski definition) is 1. The van der Waals surface area contributed by atoms with E-state index in [1.54, 1.807) is 19.3 Å². The molecule has 0 spiro atoms. The molecule has 0 radical (unpaired) electrons. The highest BCUT2D eigenvalue weighted by Gasteiger charge is 2.35. The molecule has 7 heteroatoms. The van der Waals surface area contributed by atoms with E-state index >= 15 is 0 Å². The van der Waals surface area contributed by atoms with Crippen molar-refractivity contribution < 1.29 is 13.2 Å². The smallest absolute Gasteiger partial charge is 0.244 e. The quantitative estimate of drug-likeness (QED) is 0.851. The Labute approximate surface area is 127 Å². The SMILES string of the molecule is CCn1cc(S(=O)(=O)N(C)C2CCOC2C)cc1CNC. The van der Waals surface area contributed by atoms with Gasteiger partial charge in [-0.05, 0) is 33.4 Å². The van der Waals surface area contributed by atoms with Crippen LogP contribution in [0, 0.1) is 0 Å². The zero-order chi connectivity index (χ0) is 15.6. The monoisotopic (exact) mass is 315 g/mol. The molecule has 0 amide bonds. The van der Waals surface area contributed by atoms with Crippen molar-refractivity contribution in [3.05, 3.63) is 18.0 Å². The van der Waals surface area contributed by atoms with Crippen LogP contribution in [0.25, 0.3) is 0 Å². The fourth-order valence-corrected chi connectivity index (χ4v) is 4.34. The summed E-state index contributed by atoms with van der Waals surface area (Å²) >= 11 is 0. The summed E-state index contributed by atoms with van der Waals surface area (Å²) in [5.74, 6) is 0. The van der Waals surface area contributed by atoms with Crippen molar-refractivity contribution in [2.45, 2.75) is 50.4 Å². The highest BCUT2D eigenvalue weighted by molar-refractivity contribution is 7.89. The first-order valence-electron chi connectivity index (χ1n) is 7.35. The second-order valence-corrected chi connectivity index (χ2v) is 7.43. The Balaban J connectivity index is 2.30. The summed E-state index contributed by atoms with van der Waals surface area (Å²) in [5, 5.41) is 3.07. The van der Waals surface area contributed by atoms with Gasteiger partial charge in [0, 0.05) is 38.6 Å². The van der Waals surface area contributed by atoms with Gasteiger partial charge in [0.15, 0.2) is 0 Å². The highest BCUT2D eigenvalue weighted by Crippen LogP contribution is 2.25. The number of sulfonamides is 1. The number of rotatable bonds is 6. The molecule has 0 bridgehead atoms. The van der Waals surface area contributed by atoms with E-state index in [9.17, 15) is 8.42 Å². The topological polar surface area (TPSA) is 63.6 Å². The van der Waals surface area contributed by atoms with Crippen molar-refractivity contribution in [3.8, 4) is 0 Å². The number of aryl methyl sites for hydroxylation is 1. The highest BCUT2D eigenvalue weighted by atomic mass is 32.2. The second-order valence-electron chi connectivity index (χ2n) is 5.44. The van der Waals surface area contributed by atoms with Crippen LogP contribution >= 0.6 is 0 Å². The molecule has 1 N–H and O–H groups in total. The average molecular weight is 315 g/mol. The zero-order valence-corrected chi connectivity index (χ0v) is 14.0. The minimum Gasteiger partial charge on any atom is -0.377 e. The summed E-state index contributed by atoms with van der Waals surface area (Å²) < 4.78 is 34.5. The molecule has 1 aliphatic heterocycles. The first-order chi connectivity index (χ1) is 9.91. The Kier molecular flexibility index (Phi) is 5.08. The molecular weight excluding hydrogens is 290 g/mol. The summed E-state index contributed by atoms with van der Waals surface area (Å²) in [7, 11) is 0.0164. The third-order valence-electron chi connectivity index (χ3n) is 4.14. The molecule has 2 rings (SSSR count). The predicted octanol–water partition coefficient (Wildman–Crippen LogP) is 1.03. The number of aromatic nitrogens is 1. The van der Waals surface area contributed by atoms with E-state index in [-0.39, 0.29) is 12.1 Å². The number of nitrogens with zero attached hydrogens (tertiary/aromatic N) is 2. The van der Waals surface area contributed by atoms with Crippen LogP contribution < -0.4 is 5.32 Å². The number of hydrogen-bond acceptors (Lipinski definition) is 4. The largest absolute Gasteiger partial charge is 0.377 e. The summed E-state index contributed by atoms with van der Waals surface area (Å²) in [6.07, 6.45) is 2.41. The van der Waals surface area contributed by atoms with E-state index in [2.05, 4.69) is 5.32 Å². The maximum absolute atomic E-state index is 12.8. The van der Waals surface area contributed by atoms with Gasteiger partial charge >= 0.3 is 0 Å². The van der Waals surface area contributed by atoms with Gasteiger partial charge in [-0.15, -0.1) is 0 Å². The van der Waals surface area contributed by atoms with Gasteiger partial charge in [-0.2, -0.15) is 4.31 Å². The summed E-state index contributed by atoms with van der Waals surface area (Å²) in [4.78, 5) is 0.358. The third-order valence-corrected chi connectivity index (χ3v) is 5.99. The van der Waals surface area contributed by atoms with Crippen LogP contribution in [0.3, 0.4) is 0 Å². The number of ether oxygens (including phenoxy) is 1. The first kappa shape index (κ1) is 16.5. The van der Waals surface area contributed by atoms with Gasteiger partial charge in [0.25, 0.3) is 0 Å². The second kappa shape index (κ2) is 6.48. The van der Waals surface area contributed by atoms with E-state index in [1.807, 2.05) is 25.5 Å². The van der Waals surface area contributed by atoms with Crippen molar-refractivity contribution in [1.29, 1.82) is 0 Å². The lowest BCUT2D eigenvalue weighted by molar-refractivity contribution is 0.102. The molecule has 2 atom stereocenters. The fourth-order valence-electron chi connectivity index (χ4n) is 2.83. The van der Waals surface area contributed by atoms with Crippen LogP contribution in [0.5, 0.6) is 0 Å². The third kappa shape index (κ3) is 3.15. The van der Waals surface area contributed by atoms with Crippen molar-refractivity contribution in [2.75, 3.05) is 20.7 Å². The lowest BCUT2D eigenvalue weighted by atomic mass is 10.2. The van der Waals surface area contributed by atoms with Gasteiger partial charge in [-0.25, -0.2) is 8.42 Å². The lowest BCUT2D eigenvalue weighted by Crippen LogP contribution is -2.40. The van der Waals surface area contributed by atoms with E-state index in [0.717, 1.165) is 18.7 Å². The summed E-state index contributed by atoms with van der Waals surface area (Å²) in [6.45, 7) is 5.95. The maximum atomic E-state index is 12.8. The summed E-state index contributed by atoms with van der Waals surface area (Å²) in [5.41, 5.74) is 0.975. The molecular formula is C14H25N3O3S. The molecule has 1 saturated heterocycles. The molecule has 120 valence electrons. The molecule has 2 unspecified atom stereocenters. The molecule has 6 nitrogen and oxygen atoms in total. The Morgan fingerprint density at radius 1 is 1.52 bits per heavy atom. The Morgan fingerprint density at radius 3 is 2.76 bits per heavy atom. The molecule has 1 fully saturated rings. The molecule has 1 aromatic rings. The molecule has 0 saturated carbocycles. The van der Waals surface area contributed by atoms with E-state index in [0.29, 0.717) is 18.0 Å². The minimum atomic E-state index is -3.48.